The van der Waals surface area contributed by atoms with Gasteiger partial charge in [0.05, 0.1) is 6.54 Å². The minimum atomic E-state index is -1.32. The molecule has 0 aliphatic carbocycles. The van der Waals surface area contributed by atoms with Crippen LogP contribution in [0.2, 0.25) is 0 Å². The predicted molar refractivity (Wildman–Crippen MR) is 58.2 cm³/mol. The molecule has 1 heterocycles. The molecule has 0 spiro atoms. The number of piperidine rings is 1. The van der Waals surface area contributed by atoms with Crippen molar-refractivity contribution in [2.45, 2.75) is 38.8 Å². The number of ketones is 1. The predicted octanol–water partition coefficient (Wildman–Crippen LogP) is 0.842. The van der Waals surface area contributed by atoms with Gasteiger partial charge < -0.3 is 9.64 Å². The van der Waals surface area contributed by atoms with Crippen LogP contribution in [0, 0.1) is 10.1 Å². The van der Waals surface area contributed by atoms with E-state index >= 15 is 0 Å². The molecule has 7 nitrogen and oxygen atoms in total. The third-order valence-electron chi connectivity index (χ3n) is 2.30. The zero-order valence-electron chi connectivity index (χ0n) is 10.1. The van der Waals surface area contributed by atoms with Crippen molar-refractivity contribution >= 4 is 11.9 Å². The van der Waals surface area contributed by atoms with Gasteiger partial charge in [-0.25, -0.2) is 4.79 Å². The average Bonchev–Trinajstić information content (AvgIpc) is 2.14. The number of ether oxygens (including phenoxy) is 1. The van der Waals surface area contributed by atoms with Crippen molar-refractivity contribution in [3.63, 3.8) is 0 Å². The highest BCUT2D eigenvalue weighted by Gasteiger charge is 2.39. The van der Waals surface area contributed by atoms with Crippen LogP contribution in [0.15, 0.2) is 0 Å². The lowest BCUT2D eigenvalue weighted by Crippen LogP contribution is -2.51. The molecule has 0 N–H and O–H groups in total. The molecule has 1 unspecified atom stereocenters. The molecule has 0 bridgehead atoms. The normalized spacial score (nSPS) is 21.2. The average molecular weight is 244 g/mol. The Morgan fingerprint density at radius 1 is 1.53 bits per heavy atom. The third-order valence-corrected chi connectivity index (χ3v) is 2.30. The Bertz CT molecular complexity index is 347. The van der Waals surface area contributed by atoms with Crippen LogP contribution in [0.3, 0.4) is 0 Å². The molecule has 0 radical (unpaired) electrons. The summed E-state index contributed by atoms with van der Waals surface area (Å²) < 4.78 is 5.09. The van der Waals surface area contributed by atoms with Crippen molar-refractivity contribution in [2.24, 2.45) is 0 Å². The lowest BCUT2D eigenvalue weighted by Gasteiger charge is -2.30. The molecule has 1 amide bonds. The largest absolute Gasteiger partial charge is 0.444 e. The lowest BCUT2D eigenvalue weighted by atomic mass is 10.1. The van der Waals surface area contributed by atoms with Gasteiger partial charge in [0.1, 0.15) is 5.60 Å². The highest BCUT2D eigenvalue weighted by atomic mass is 16.6. The molecule has 1 aliphatic heterocycles. The Balaban J connectivity index is 2.65. The molecule has 17 heavy (non-hydrogen) atoms. The van der Waals surface area contributed by atoms with Crippen LogP contribution in [0.25, 0.3) is 0 Å². The quantitative estimate of drug-likeness (QED) is 0.503. The molecule has 1 saturated heterocycles. The summed E-state index contributed by atoms with van der Waals surface area (Å²) in [6.07, 6.45) is -0.609. The first-order valence-electron chi connectivity index (χ1n) is 5.35. The maximum Gasteiger partial charge on any atom is 0.410 e. The van der Waals surface area contributed by atoms with E-state index in [0.717, 1.165) is 0 Å². The van der Waals surface area contributed by atoms with Crippen molar-refractivity contribution in [2.75, 3.05) is 13.1 Å². The van der Waals surface area contributed by atoms with E-state index in [9.17, 15) is 19.7 Å². The van der Waals surface area contributed by atoms with E-state index < -0.39 is 28.4 Å². The number of amides is 1. The molecule has 0 aromatic rings. The van der Waals surface area contributed by atoms with E-state index in [1.54, 1.807) is 20.8 Å². The fraction of sp³-hybridized carbons (Fsp3) is 0.800. The first-order valence-corrected chi connectivity index (χ1v) is 5.35. The minimum Gasteiger partial charge on any atom is -0.444 e. The van der Waals surface area contributed by atoms with E-state index in [0.29, 0.717) is 0 Å². The van der Waals surface area contributed by atoms with E-state index in [2.05, 4.69) is 0 Å². The van der Waals surface area contributed by atoms with Crippen molar-refractivity contribution < 1.29 is 19.2 Å². The molecule has 1 fully saturated rings. The zero-order valence-corrected chi connectivity index (χ0v) is 10.1. The standard InChI is InChI=1S/C10H16N2O5/c1-10(2,3)17-9(14)11-5-4-8(13)7(6-11)12(15)16/h7H,4-6H2,1-3H3. The van der Waals surface area contributed by atoms with Crippen molar-refractivity contribution in [1.82, 2.24) is 4.90 Å². The highest BCUT2D eigenvalue weighted by Crippen LogP contribution is 2.14. The van der Waals surface area contributed by atoms with Gasteiger partial charge in [0.2, 0.25) is 5.78 Å². The fourth-order valence-corrected chi connectivity index (χ4v) is 1.49. The number of nitrogens with zero attached hydrogens (tertiary/aromatic N) is 2. The number of hydrogen-bond acceptors (Lipinski definition) is 5. The van der Waals surface area contributed by atoms with E-state index in [4.69, 9.17) is 4.74 Å². The second-order valence-corrected chi connectivity index (χ2v) is 4.94. The number of hydrogen-bond donors (Lipinski definition) is 0. The molecule has 1 rings (SSSR count). The van der Waals surface area contributed by atoms with Crippen molar-refractivity contribution in [3.8, 4) is 0 Å². The molecule has 96 valence electrons. The minimum absolute atomic E-state index is 0.00485. The van der Waals surface area contributed by atoms with Gasteiger partial charge in [0, 0.05) is 17.9 Å². The van der Waals surface area contributed by atoms with Gasteiger partial charge in [0.15, 0.2) is 0 Å². The first-order chi connectivity index (χ1) is 7.70. The molecule has 0 saturated carbocycles. The molecule has 7 heteroatoms. The van der Waals surface area contributed by atoms with Gasteiger partial charge in [-0.05, 0) is 20.8 Å². The molecule has 1 aliphatic rings. The number of rotatable bonds is 1. The Hall–Kier alpha value is -1.66. The first kappa shape index (κ1) is 13.4. The number of likely N-dealkylation sites (tertiary alicyclic amines) is 1. The third kappa shape index (κ3) is 3.69. The number of carbonyl (C=O) groups is 2. The Labute approximate surface area is 98.9 Å². The van der Waals surface area contributed by atoms with Crippen molar-refractivity contribution in [3.05, 3.63) is 10.1 Å². The lowest BCUT2D eigenvalue weighted by molar-refractivity contribution is -0.508. The Morgan fingerprint density at radius 3 is 2.59 bits per heavy atom. The maximum atomic E-state index is 11.7. The number of nitro groups is 1. The maximum absolute atomic E-state index is 11.7. The summed E-state index contributed by atoms with van der Waals surface area (Å²) in [7, 11) is 0. The molecule has 1 atom stereocenters. The monoisotopic (exact) mass is 244 g/mol. The van der Waals surface area contributed by atoms with Gasteiger partial charge in [-0.1, -0.05) is 0 Å². The van der Waals surface area contributed by atoms with E-state index in [1.165, 1.54) is 4.90 Å². The molecule has 0 aromatic carbocycles. The van der Waals surface area contributed by atoms with Crippen molar-refractivity contribution in [1.29, 1.82) is 0 Å². The van der Waals surface area contributed by atoms with Crippen LogP contribution in [0.5, 0.6) is 0 Å². The van der Waals surface area contributed by atoms with Crippen LogP contribution < -0.4 is 0 Å². The Morgan fingerprint density at radius 2 is 2.12 bits per heavy atom. The summed E-state index contributed by atoms with van der Waals surface area (Å²) >= 11 is 0. The van der Waals surface area contributed by atoms with E-state index in [1.807, 2.05) is 0 Å². The SMILES string of the molecule is CC(C)(C)OC(=O)N1CCC(=O)C([N+](=O)[O-])C1. The number of Topliss-reactive ketones (excluding diaryl/α,β-unsaturated/α-hetero) is 1. The highest BCUT2D eigenvalue weighted by molar-refractivity contribution is 5.85. The van der Waals surface area contributed by atoms with E-state index in [-0.39, 0.29) is 19.5 Å². The summed E-state index contributed by atoms with van der Waals surface area (Å²) in [5, 5.41) is 10.6. The Kier molecular flexibility index (Phi) is 3.69. The van der Waals surface area contributed by atoms with Crippen LogP contribution in [-0.2, 0) is 9.53 Å². The summed E-state index contributed by atoms with van der Waals surface area (Å²) in [6.45, 7) is 5.11. The van der Waals surface area contributed by atoms with Gasteiger partial charge in [0.25, 0.3) is 6.04 Å². The molecule has 0 aromatic heterocycles. The summed E-state index contributed by atoms with van der Waals surface area (Å²) in [5.74, 6) is -0.435. The topological polar surface area (TPSA) is 89.8 Å². The summed E-state index contributed by atoms with van der Waals surface area (Å²) in [6, 6.07) is -1.32. The van der Waals surface area contributed by atoms with Gasteiger partial charge in [-0.15, -0.1) is 0 Å². The molecular formula is C10H16N2O5. The summed E-state index contributed by atoms with van der Waals surface area (Å²) in [5.41, 5.74) is -0.650. The second-order valence-electron chi connectivity index (χ2n) is 4.94. The van der Waals surface area contributed by atoms with Crippen LogP contribution in [0.4, 0.5) is 4.79 Å². The zero-order chi connectivity index (χ0) is 13.2. The van der Waals surface area contributed by atoms with Crippen LogP contribution >= 0.6 is 0 Å². The van der Waals surface area contributed by atoms with Gasteiger partial charge in [-0.2, -0.15) is 0 Å². The van der Waals surface area contributed by atoms with Crippen LogP contribution in [-0.4, -0.2) is 46.4 Å². The molecular weight excluding hydrogens is 228 g/mol. The van der Waals surface area contributed by atoms with Gasteiger partial charge >= 0.3 is 6.09 Å². The summed E-state index contributed by atoms with van der Waals surface area (Å²) in [4.78, 5) is 34.1. The van der Waals surface area contributed by atoms with Crippen LogP contribution in [0.1, 0.15) is 27.2 Å². The second kappa shape index (κ2) is 4.68. The van der Waals surface area contributed by atoms with Gasteiger partial charge in [-0.3, -0.25) is 14.9 Å². The fourth-order valence-electron chi connectivity index (χ4n) is 1.49. The number of carbonyl (C=O) groups excluding carboxylic acids is 2. The smallest absolute Gasteiger partial charge is 0.410 e.